The minimum absolute atomic E-state index is 0.0549. The Morgan fingerprint density at radius 1 is 1.26 bits per heavy atom. The first-order chi connectivity index (χ1) is 11.2. The van der Waals surface area contributed by atoms with Crippen molar-refractivity contribution in [2.75, 3.05) is 0 Å². The van der Waals surface area contributed by atoms with Crippen LogP contribution < -0.4 is 0 Å². The van der Waals surface area contributed by atoms with Crippen molar-refractivity contribution in [1.29, 1.82) is 5.26 Å². The van der Waals surface area contributed by atoms with Gasteiger partial charge in [0.2, 0.25) is 0 Å². The SMILES string of the molecule is CCc1ccc(C(=O)OC2CCC(CCC=CC#N)CC2)cc1. The molecule has 1 aliphatic carbocycles. The maximum absolute atomic E-state index is 12.2. The number of nitrogens with zero attached hydrogens (tertiary/aromatic N) is 1. The van der Waals surface area contributed by atoms with Crippen LogP contribution in [0.4, 0.5) is 0 Å². The van der Waals surface area contributed by atoms with E-state index in [0.717, 1.165) is 44.9 Å². The standard InChI is InChI=1S/C20H25NO2/c1-2-16-7-11-18(12-8-16)20(22)23-19-13-9-17(10-14-19)6-4-3-5-15-21/h3,5,7-8,11-12,17,19H,2,4,6,9-10,13-14H2,1H3. The van der Waals surface area contributed by atoms with E-state index < -0.39 is 0 Å². The van der Waals surface area contributed by atoms with E-state index in [4.69, 9.17) is 10.00 Å². The fourth-order valence-electron chi connectivity index (χ4n) is 3.10. The molecule has 3 heteroatoms. The molecule has 0 amide bonds. The fraction of sp³-hybridized carbons (Fsp3) is 0.500. The van der Waals surface area contributed by atoms with E-state index in [0.29, 0.717) is 11.5 Å². The van der Waals surface area contributed by atoms with Crippen LogP contribution in [0.1, 0.15) is 61.4 Å². The molecule has 0 N–H and O–H groups in total. The van der Waals surface area contributed by atoms with E-state index in [1.807, 2.05) is 36.4 Å². The smallest absolute Gasteiger partial charge is 0.338 e. The number of rotatable bonds is 6. The van der Waals surface area contributed by atoms with Gasteiger partial charge in [-0.15, -0.1) is 0 Å². The van der Waals surface area contributed by atoms with E-state index in [1.54, 1.807) is 6.08 Å². The van der Waals surface area contributed by atoms with Gasteiger partial charge in [-0.1, -0.05) is 25.1 Å². The lowest BCUT2D eigenvalue weighted by Gasteiger charge is -2.28. The van der Waals surface area contributed by atoms with Crippen molar-refractivity contribution in [2.45, 2.75) is 58.0 Å². The molecule has 1 aromatic carbocycles. The highest BCUT2D eigenvalue weighted by molar-refractivity contribution is 5.89. The van der Waals surface area contributed by atoms with Crippen molar-refractivity contribution in [3.63, 3.8) is 0 Å². The molecule has 0 saturated heterocycles. The minimum Gasteiger partial charge on any atom is -0.459 e. The van der Waals surface area contributed by atoms with Crippen LogP contribution >= 0.6 is 0 Å². The van der Waals surface area contributed by atoms with Gasteiger partial charge < -0.3 is 4.74 Å². The molecule has 1 fully saturated rings. The molecule has 0 heterocycles. The van der Waals surface area contributed by atoms with Gasteiger partial charge in [0, 0.05) is 6.08 Å². The van der Waals surface area contributed by atoms with Crippen LogP contribution in [-0.4, -0.2) is 12.1 Å². The van der Waals surface area contributed by atoms with E-state index in [2.05, 4.69) is 6.92 Å². The van der Waals surface area contributed by atoms with Gasteiger partial charge in [-0.3, -0.25) is 0 Å². The number of carbonyl (C=O) groups is 1. The molecule has 0 atom stereocenters. The molecule has 0 unspecified atom stereocenters. The van der Waals surface area contributed by atoms with Crippen LogP contribution in [0.25, 0.3) is 0 Å². The summed E-state index contributed by atoms with van der Waals surface area (Å²) in [5.74, 6) is 0.491. The van der Waals surface area contributed by atoms with Crippen molar-refractivity contribution in [3.05, 3.63) is 47.5 Å². The lowest BCUT2D eigenvalue weighted by atomic mass is 9.84. The Morgan fingerprint density at radius 2 is 1.96 bits per heavy atom. The van der Waals surface area contributed by atoms with Gasteiger partial charge in [-0.25, -0.2) is 4.79 Å². The summed E-state index contributed by atoms with van der Waals surface area (Å²) in [5, 5.41) is 8.46. The number of benzene rings is 1. The lowest BCUT2D eigenvalue weighted by Crippen LogP contribution is -2.24. The molecule has 1 aliphatic rings. The van der Waals surface area contributed by atoms with E-state index >= 15 is 0 Å². The lowest BCUT2D eigenvalue weighted by molar-refractivity contribution is 0.0162. The predicted molar refractivity (Wildman–Crippen MR) is 91.0 cm³/mol. The predicted octanol–water partition coefficient (Wildman–Crippen LogP) is 4.82. The van der Waals surface area contributed by atoms with Crippen LogP contribution in [0.5, 0.6) is 0 Å². The number of hydrogen-bond acceptors (Lipinski definition) is 3. The third kappa shape index (κ3) is 5.56. The normalized spacial score (nSPS) is 21.0. The van der Waals surface area contributed by atoms with Crippen molar-refractivity contribution in [2.24, 2.45) is 5.92 Å². The summed E-state index contributed by atoms with van der Waals surface area (Å²) in [4.78, 5) is 12.2. The first-order valence-corrected chi connectivity index (χ1v) is 8.57. The molecule has 2 rings (SSSR count). The van der Waals surface area contributed by atoms with Gasteiger partial charge in [-0.2, -0.15) is 5.26 Å². The number of allylic oxidation sites excluding steroid dienone is 2. The highest BCUT2D eigenvalue weighted by Crippen LogP contribution is 2.30. The maximum Gasteiger partial charge on any atom is 0.338 e. The number of carbonyl (C=O) groups excluding carboxylic acids is 1. The zero-order valence-corrected chi connectivity index (χ0v) is 13.8. The third-order valence-corrected chi connectivity index (χ3v) is 4.60. The van der Waals surface area contributed by atoms with Crippen molar-refractivity contribution < 1.29 is 9.53 Å². The molecule has 23 heavy (non-hydrogen) atoms. The summed E-state index contributed by atoms with van der Waals surface area (Å²) in [6.45, 7) is 2.10. The van der Waals surface area contributed by atoms with Crippen LogP contribution in [0.15, 0.2) is 36.4 Å². The Morgan fingerprint density at radius 3 is 2.57 bits per heavy atom. The second-order valence-electron chi connectivity index (χ2n) is 6.21. The van der Waals surface area contributed by atoms with E-state index in [-0.39, 0.29) is 12.1 Å². The monoisotopic (exact) mass is 311 g/mol. The summed E-state index contributed by atoms with van der Waals surface area (Å²) in [5.41, 5.74) is 1.87. The Hall–Kier alpha value is -2.08. The Kier molecular flexibility index (Phi) is 6.87. The number of nitriles is 1. The first kappa shape index (κ1) is 17.3. The van der Waals surface area contributed by atoms with E-state index in [9.17, 15) is 4.79 Å². The molecule has 0 radical (unpaired) electrons. The van der Waals surface area contributed by atoms with Crippen LogP contribution in [0.2, 0.25) is 0 Å². The average molecular weight is 311 g/mol. The molecular weight excluding hydrogens is 286 g/mol. The first-order valence-electron chi connectivity index (χ1n) is 8.57. The van der Waals surface area contributed by atoms with Gasteiger partial charge in [0.15, 0.2) is 0 Å². The summed E-state index contributed by atoms with van der Waals surface area (Å²) in [7, 11) is 0. The Bertz CT molecular complexity index is 560. The second kappa shape index (κ2) is 9.15. The molecule has 0 bridgehead atoms. The Labute approximate surface area is 139 Å². The van der Waals surface area contributed by atoms with Crippen LogP contribution in [0, 0.1) is 17.2 Å². The molecule has 1 saturated carbocycles. The number of hydrogen-bond donors (Lipinski definition) is 0. The maximum atomic E-state index is 12.2. The number of ether oxygens (including phenoxy) is 1. The van der Waals surface area contributed by atoms with Gasteiger partial charge in [-0.05, 0) is 68.6 Å². The molecule has 122 valence electrons. The minimum atomic E-state index is -0.201. The highest BCUT2D eigenvalue weighted by atomic mass is 16.5. The van der Waals surface area contributed by atoms with Crippen LogP contribution in [0.3, 0.4) is 0 Å². The molecule has 0 aliphatic heterocycles. The quantitative estimate of drug-likeness (QED) is 0.559. The molecule has 1 aromatic rings. The summed E-state index contributed by atoms with van der Waals surface area (Å²) >= 11 is 0. The Balaban J connectivity index is 1.74. The molecular formula is C20H25NO2. The van der Waals surface area contributed by atoms with Crippen LogP contribution in [-0.2, 0) is 11.2 Å². The van der Waals surface area contributed by atoms with Crippen molar-refractivity contribution in [3.8, 4) is 6.07 Å². The second-order valence-corrected chi connectivity index (χ2v) is 6.21. The zero-order valence-electron chi connectivity index (χ0n) is 13.8. The van der Waals surface area contributed by atoms with Crippen molar-refractivity contribution >= 4 is 5.97 Å². The largest absolute Gasteiger partial charge is 0.459 e. The van der Waals surface area contributed by atoms with Gasteiger partial charge >= 0.3 is 5.97 Å². The summed E-state index contributed by atoms with van der Waals surface area (Å²) in [6, 6.07) is 9.71. The average Bonchev–Trinajstić information content (AvgIpc) is 2.60. The highest BCUT2D eigenvalue weighted by Gasteiger charge is 2.23. The van der Waals surface area contributed by atoms with Gasteiger partial charge in [0.25, 0.3) is 0 Å². The summed E-state index contributed by atoms with van der Waals surface area (Å²) in [6.07, 6.45) is 10.7. The number of esters is 1. The molecule has 0 spiro atoms. The van der Waals surface area contributed by atoms with Crippen molar-refractivity contribution in [1.82, 2.24) is 0 Å². The van der Waals surface area contributed by atoms with Gasteiger partial charge in [0.05, 0.1) is 11.6 Å². The topological polar surface area (TPSA) is 50.1 Å². The number of aryl methyl sites for hydroxylation is 1. The molecule has 3 nitrogen and oxygen atoms in total. The summed E-state index contributed by atoms with van der Waals surface area (Å²) < 4.78 is 5.65. The fourth-order valence-corrected chi connectivity index (χ4v) is 3.10. The van der Waals surface area contributed by atoms with Gasteiger partial charge in [0.1, 0.15) is 6.10 Å². The molecule has 0 aromatic heterocycles. The third-order valence-electron chi connectivity index (χ3n) is 4.60. The zero-order chi connectivity index (χ0) is 16.5. The van der Waals surface area contributed by atoms with E-state index in [1.165, 1.54) is 5.56 Å².